The van der Waals surface area contributed by atoms with Gasteiger partial charge in [-0.3, -0.25) is 4.79 Å². The number of rotatable bonds is 9. The normalized spacial score (nSPS) is 12.3. The van der Waals surface area contributed by atoms with E-state index in [9.17, 15) is 4.79 Å². The van der Waals surface area contributed by atoms with Crippen molar-refractivity contribution in [2.75, 3.05) is 20.6 Å². The Morgan fingerprint density at radius 3 is 2.83 bits per heavy atom. The molecule has 0 aliphatic carbocycles. The van der Waals surface area contributed by atoms with Crippen LogP contribution in [0.2, 0.25) is 0 Å². The number of aromatic nitrogens is 1. The molecule has 4 nitrogen and oxygen atoms in total. The molecule has 0 spiro atoms. The van der Waals surface area contributed by atoms with Gasteiger partial charge in [0.1, 0.15) is 0 Å². The molecule has 0 N–H and O–H groups in total. The molecule has 0 saturated heterocycles. The summed E-state index contributed by atoms with van der Waals surface area (Å²) in [6.07, 6.45) is 4.91. The number of hydrogen-bond acceptors (Lipinski definition) is 5. The number of ketones is 1. The maximum atomic E-state index is 12.5. The first-order chi connectivity index (χ1) is 11.1. The Kier molecular flexibility index (Phi) is 6.74. The number of unbranched alkanes of at least 4 members (excludes halogenated alkanes) is 1. The van der Waals surface area contributed by atoms with E-state index in [0.29, 0.717) is 16.3 Å². The zero-order chi connectivity index (χ0) is 16.7. The minimum atomic E-state index is -0.0251. The molecule has 0 aliphatic heterocycles. The fraction of sp³-hybridized carbons (Fsp3) is 0.444. The van der Waals surface area contributed by atoms with Gasteiger partial charge >= 0.3 is 0 Å². The lowest BCUT2D eigenvalue weighted by atomic mass is 10.1. The Balaban J connectivity index is 1.96. The topological polar surface area (TPSA) is 42.4 Å². The molecule has 0 saturated carbocycles. The van der Waals surface area contributed by atoms with E-state index >= 15 is 0 Å². The van der Waals surface area contributed by atoms with Gasteiger partial charge in [0.05, 0.1) is 16.5 Å². The van der Waals surface area contributed by atoms with Crippen LogP contribution in [0.15, 0.2) is 35.8 Å². The van der Waals surface area contributed by atoms with Crippen molar-refractivity contribution in [1.29, 1.82) is 0 Å². The summed E-state index contributed by atoms with van der Waals surface area (Å²) in [7, 11) is 4.16. The average molecular weight is 332 g/mol. The third-order valence-corrected chi connectivity index (χ3v) is 4.41. The SMILES string of the molecule is CC(CCCCN(C)C)Oc1ncccc1C(=O)c1cccs1. The summed E-state index contributed by atoms with van der Waals surface area (Å²) in [5.74, 6) is 0.411. The highest BCUT2D eigenvalue weighted by Gasteiger charge is 2.18. The Bertz CT molecular complexity index is 611. The Morgan fingerprint density at radius 1 is 1.30 bits per heavy atom. The first-order valence-corrected chi connectivity index (χ1v) is 8.80. The first kappa shape index (κ1) is 17.6. The fourth-order valence-electron chi connectivity index (χ4n) is 2.31. The molecule has 1 atom stereocenters. The van der Waals surface area contributed by atoms with E-state index < -0.39 is 0 Å². The monoisotopic (exact) mass is 332 g/mol. The summed E-state index contributed by atoms with van der Waals surface area (Å²) in [5, 5.41) is 1.90. The molecule has 0 amide bonds. The van der Waals surface area contributed by atoms with Gasteiger partial charge in [0.2, 0.25) is 11.7 Å². The van der Waals surface area contributed by atoms with Crippen molar-refractivity contribution in [3.8, 4) is 5.88 Å². The second-order valence-electron chi connectivity index (χ2n) is 5.89. The van der Waals surface area contributed by atoms with Gasteiger partial charge in [-0.15, -0.1) is 11.3 Å². The van der Waals surface area contributed by atoms with Crippen molar-refractivity contribution in [2.45, 2.75) is 32.3 Å². The van der Waals surface area contributed by atoms with Gasteiger partial charge in [-0.2, -0.15) is 0 Å². The molecule has 2 aromatic heterocycles. The molecule has 1 unspecified atom stereocenters. The van der Waals surface area contributed by atoms with Crippen LogP contribution in [-0.4, -0.2) is 42.4 Å². The van der Waals surface area contributed by atoms with E-state index in [0.717, 1.165) is 25.8 Å². The van der Waals surface area contributed by atoms with Gasteiger partial charge in [0.15, 0.2) is 0 Å². The van der Waals surface area contributed by atoms with Gasteiger partial charge in [-0.1, -0.05) is 6.07 Å². The standard InChI is InChI=1S/C18H24N2O2S/c1-14(8-4-5-12-20(2)3)22-18-15(9-6-11-19-18)17(21)16-10-7-13-23-16/h6-7,9-11,13-14H,4-5,8,12H2,1-3H3. The molecule has 0 aromatic carbocycles. The fourth-order valence-corrected chi connectivity index (χ4v) is 2.99. The summed E-state index contributed by atoms with van der Waals surface area (Å²) in [6, 6.07) is 7.26. The highest BCUT2D eigenvalue weighted by Crippen LogP contribution is 2.23. The van der Waals surface area contributed by atoms with E-state index in [4.69, 9.17) is 4.74 Å². The zero-order valence-corrected chi connectivity index (χ0v) is 14.8. The third kappa shape index (κ3) is 5.44. The van der Waals surface area contributed by atoms with E-state index in [1.807, 2.05) is 24.4 Å². The van der Waals surface area contributed by atoms with Crippen molar-refractivity contribution >= 4 is 17.1 Å². The quantitative estimate of drug-likeness (QED) is 0.516. The van der Waals surface area contributed by atoms with E-state index in [1.165, 1.54) is 11.3 Å². The molecular weight excluding hydrogens is 308 g/mol. The molecule has 0 bridgehead atoms. The second kappa shape index (κ2) is 8.79. The lowest BCUT2D eigenvalue weighted by Gasteiger charge is -2.16. The van der Waals surface area contributed by atoms with Crippen molar-refractivity contribution in [2.24, 2.45) is 0 Å². The lowest BCUT2D eigenvalue weighted by Crippen LogP contribution is -2.17. The van der Waals surface area contributed by atoms with Crippen LogP contribution in [0, 0.1) is 0 Å². The molecule has 0 radical (unpaired) electrons. The molecule has 124 valence electrons. The van der Waals surface area contributed by atoms with Crippen LogP contribution in [0.5, 0.6) is 5.88 Å². The van der Waals surface area contributed by atoms with Gasteiger partial charge < -0.3 is 9.64 Å². The van der Waals surface area contributed by atoms with Crippen molar-refractivity contribution in [3.63, 3.8) is 0 Å². The van der Waals surface area contributed by atoms with Gasteiger partial charge in [0.25, 0.3) is 0 Å². The van der Waals surface area contributed by atoms with Crippen LogP contribution in [0.25, 0.3) is 0 Å². The van der Waals surface area contributed by atoms with Crippen LogP contribution in [0.1, 0.15) is 41.4 Å². The number of pyridine rings is 1. The van der Waals surface area contributed by atoms with E-state index in [-0.39, 0.29) is 11.9 Å². The van der Waals surface area contributed by atoms with Crippen molar-refractivity contribution in [1.82, 2.24) is 9.88 Å². The smallest absolute Gasteiger partial charge is 0.225 e. The Hall–Kier alpha value is -1.72. The third-order valence-electron chi connectivity index (χ3n) is 3.54. The molecular formula is C18H24N2O2S. The van der Waals surface area contributed by atoms with Crippen LogP contribution in [0.3, 0.4) is 0 Å². The number of carbonyl (C=O) groups excluding carboxylic acids is 1. The molecule has 0 aliphatic rings. The number of hydrogen-bond donors (Lipinski definition) is 0. The number of thiophene rings is 1. The highest BCUT2D eigenvalue weighted by molar-refractivity contribution is 7.12. The number of carbonyl (C=O) groups is 1. The number of ether oxygens (including phenoxy) is 1. The predicted molar refractivity (Wildman–Crippen MR) is 94.5 cm³/mol. The van der Waals surface area contributed by atoms with Crippen LogP contribution >= 0.6 is 11.3 Å². The summed E-state index contributed by atoms with van der Waals surface area (Å²) in [6.45, 7) is 3.11. The Morgan fingerprint density at radius 2 is 2.13 bits per heavy atom. The summed E-state index contributed by atoms with van der Waals surface area (Å²) in [5.41, 5.74) is 0.537. The predicted octanol–water partition coefficient (Wildman–Crippen LogP) is 3.87. The van der Waals surface area contributed by atoms with Gasteiger partial charge in [-0.05, 0) is 70.4 Å². The van der Waals surface area contributed by atoms with E-state index in [2.05, 4.69) is 24.0 Å². The van der Waals surface area contributed by atoms with E-state index in [1.54, 1.807) is 18.3 Å². The Labute approximate surface area is 142 Å². The number of nitrogens with zero attached hydrogens (tertiary/aromatic N) is 2. The highest BCUT2D eigenvalue weighted by atomic mass is 32.1. The molecule has 23 heavy (non-hydrogen) atoms. The van der Waals surface area contributed by atoms with Crippen LogP contribution in [-0.2, 0) is 0 Å². The van der Waals surface area contributed by atoms with Gasteiger partial charge in [-0.25, -0.2) is 4.98 Å². The zero-order valence-electron chi connectivity index (χ0n) is 14.0. The maximum absolute atomic E-state index is 12.5. The molecule has 2 aromatic rings. The van der Waals surface area contributed by atoms with Gasteiger partial charge in [0, 0.05) is 6.20 Å². The molecule has 0 fully saturated rings. The van der Waals surface area contributed by atoms with Crippen molar-refractivity contribution in [3.05, 3.63) is 46.3 Å². The van der Waals surface area contributed by atoms with Crippen molar-refractivity contribution < 1.29 is 9.53 Å². The maximum Gasteiger partial charge on any atom is 0.225 e. The second-order valence-corrected chi connectivity index (χ2v) is 6.84. The summed E-state index contributed by atoms with van der Waals surface area (Å²) in [4.78, 5) is 19.7. The largest absolute Gasteiger partial charge is 0.474 e. The molecule has 2 rings (SSSR count). The lowest BCUT2D eigenvalue weighted by molar-refractivity contribution is 0.103. The average Bonchev–Trinajstić information content (AvgIpc) is 3.06. The minimum Gasteiger partial charge on any atom is -0.474 e. The molecule has 5 heteroatoms. The molecule has 2 heterocycles. The minimum absolute atomic E-state index is 0.0251. The van der Waals surface area contributed by atoms with Crippen LogP contribution in [0.4, 0.5) is 0 Å². The summed E-state index contributed by atoms with van der Waals surface area (Å²) < 4.78 is 5.93. The first-order valence-electron chi connectivity index (χ1n) is 7.92. The van der Waals surface area contributed by atoms with Crippen LogP contribution < -0.4 is 4.74 Å². The summed E-state index contributed by atoms with van der Waals surface area (Å²) >= 11 is 1.44.